The smallest absolute Gasteiger partial charge is 0.276 e. The van der Waals surface area contributed by atoms with Crippen LogP contribution in [0.25, 0.3) is 0 Å². The highest BCUT2D eigenvalue weighted by atomic mass is 16.5. The van der Waals surface area contributed by atoms with Crippen LogP contribution >= 0.6 is 0 Å². The Balaban J connectivity index is 2.18. The molecule has 0 saturated heterocycles. The van der Waals surface area contributed by atoms with Crippen molar-refractivity contribution in [1.82, 2.24) is 14.8 Å². The third kappa shape index (κ3) is 3.13. The second-order valence-electron chi connectivity index (χ2n) is 4.44. The van der Waals surface area contributed by atoms with Crippen LogP contribution < -0.4 is 15.8 Å². The van der Waals surface area contributed by atoms with Crippen molar-refractivity contribution < 1.29 is 9.53 Å². The lowest BCUT2D eigenvalue weighted by Gasteiger charge is -2.08. The summed E-state index contributed by atoms with van der Waals surface area (Å²) in [6.45, 7) is 6.68. The van der Waals surface area contributed by atoms with Crippen molar-refractivity contribution in [1.29, 1.82) is 0 Å². The normalized spacial score (nSPS) is 10.4. The molecule has 3 N–H and O–H groups in total. The van der Waals surface area contributed by atoms with Crippen LogP contribution in [0.15, 0.2) is 18.3 Å². The lowest BCUT2D eigenvalue weighted by atomic mass is 10.3. The first-order chi connectivity index (χ1) is 10.1. The second-order valence-corrected chi connectivity index (χ2v) is 4.44. The molecule has 0 aromatic carbocycles. The molecule has 21 heavy (non-hydrogen) atoms. The van der Waals surface area contributed by atoms with Crippen molar-refractivity contribution in [2.45, 2.75) is 27.3 Å². The summed E-state index contributed by atoms with van der Waals surface area (Å²) in [6.07, 6.45) is 1.54. The predicted molar refractivity (Wildman–Crippen MR) is 80.4 cm³/mol. The number of anilines is 2. The fourth-order valence-electron chi connectivity index (χ4n) is 1.94. The summed E-state index contributed by atoms with van der Waals surface area (Å²) >= 11 is 0. The molecule has 7 nitrogen and oxygen atoms in total. The molecule has 0 saturated carbocycles. The predicted octanol–water partition coefficient (Wildman–Crippen LogP) is 1.84. The van der Waals surface area contributed by atoms with E-state index in [1.54, 1.807) is 29.9 Å². The Morgan fingerprint density at radius 1 is 1.43 bits per heavy atom. The van der Waals surface area contributed by atoms with E-state index in [1.807, 2.05) is 13.8 Å². The summed E-state index contributed by atoms with van der Waals surface area (Å²) in [6, 6.07) is 3.43. The van der Waals surface area contributed by atoms with Gasteiger partial charge in [-0.3, -0.25) is 9.48 Å². The fraction of sp³-hybridized carbons (Fsp3) is 0.357. The zero-order valence-corrected chi connectivity index (χ0v) is 12.4. The van der Waals surface area contributed by atoms with Gasteiger partial charge in [-0.05, 0) is 26.8 Å². The molecule has 2 aromatic rings. The van der Waals surface area contributed by atoms with Crippen molar-refractivity contribution in [2.24, 2.45) is 0 Å². The van der Waals surface area contributed by atoms with Crippen LogP contribution in [-0.4, -0.2) is 27.3 Å². The Labute approximate surface area is 123 Å². The molecule has 0 bridgehead atoms. The highest BCUT2D eigenvalue weighted by molar-refractivity contribution is 6.06. The highest BCUT2D eigenvalue weighted by Gasteiger charge is 2.19. The number of hydrogen-bond donors (Lipinski definition) is 2. The summed E-state index contributed by atoms with van der Waals surface area (Å²) in [5.41, 5.74) is 7.90. The maximum atomic E-state index is 12.3. The van der Waals surface area contributed by atoms with Gasteiger partial charge in [-0.1, -0.05) is 0 Å². The van der Waals surface area contributed by atoms with Gasteiger partial charge in [0.1, 0.15) is 5.69 Å². The first kappa shape index (κ1) is 14.8. The Bertz CT molecular complexity index is 634. The number of amides is 1. The van der Waals surface area contributed by atoms with E-state index < -0.39 is 0 Å². The number of hydrogen-bond acceptors (Lipinski definition) is 5. The van der Waals surface area contributed by atoms with E-state index in [1.165, 1.54) is 0 Å². The molecule has 1 amide bonds. The van der Waals surface area contributed by atoms with Gasteiger partial charge in [0.15, 0.2) is 0 Å². The zero-order valence-electron chi connectivity index (χ0n) is 12.4. The molecule has 0 radical (unpaired) electrons. The number of nitrogens with zero attached hydrogens (tertiary/aromatic N) is 3. The number of aromatic nitrogens is 3. The van der Waals surface area contributed by atoms with Crippen molar-refractivity contribution >= 4 is 17.3 Å². The Morgan fingerprint density at radius 2 is 2.19 bits per heavy atom. The SMILES string of the molecule is CCOc1ccc(NC(=O)c2c(N)c(C)nn2CC)cn1. The maximum absolute atomic E-state index is 12.3. The average Bonchev–Trinajstić information content (AvgIpc) is 2.76. The lowest BCUT2D eigenvalue weighted by Crippen LogP contribution is -2.19. The maximum Gasteiger partial charge on any atom is 0.276 e. The van der Waals surface area contributed by atoms with E-state index in [0.29, 0.717) is 41.8 Å². The molecular weight excluding hydrogens is 270 g/mol. The van der Waals surface area contributed by atoms with Crippen LogP contribution in [-0.2, 0) is 6.54 Å². The number of carbonyl (C=O) groups excluding carboxylic acids is 1. The first-order valence-corrected chi connectivity index (χ1v) is 6.79. The van der Waals surface area contributed by atoms with Gasteiger partial charge in [-0.25, -0.2) is 4.98 Å². The molecule has 0 aliphatic carbocycles. The van der Waals surface area contributed by atoms with Gasteiger partial charge < -0.3 is 15.8 Å². The van der Waals surface area contributed by atoms with E-state index in [-0.39, 0.29) is 5.91 Å². The van der Waals surface area contributed by atoms with Crippen LogP contribution in [0.2, 0.25) is 0 Å². The molecule has 2 heterocycles. The summed E-state index contributed by atoms with van der Waals surface area (Å²) in [5.74, 6) is 0.213. The Hall–Kier alpha value is -2.57. The average molecular weight is 289 g/mol. The molecule has 0 spiro atoms. The van der Waals surface area contributed by atoms with E-state index in [0.717, 1.165) is 0 Å². The third-order valence-electron chi connectivity index (χ3n) is 2.97. The van der Waals surface area contributed by atoms with Gasteiger partial charge in [-0.2, -0.15) is 5.10 Å². The quantitative estimate of drug-likeness (QED) is 0.875. The third-order valence-corrected chi connectivity index (χ3v) is 2.97. The zero-order chi connectivity index (χ0) is 15.4. The summed E-state index contributed by atoms with van der Waals surface area (Å²) in [4.78, 5) is 16.4. The number of nitrogen functional groups attached to an aromatic ring is 1. The summed E-state index contributed by atoms with van der Waals surface area (Å²) in [5, 5.41) is 6.98. The minimum absolute atomic E-state index is 0.305. The molecule has 0 atom stereocenters. The topological polar surface area (TPSA) is 95.1 Å². The van der Waals surface area contributed by atoms with E-state index in [4.69, 9.17) is 10.5 Å². The molecule has 112 valence electrons. The van der Waals surface area contributed by atoms with Crippen molar-refractivity contribution in [3.05, 3.63) is 29.7 Å². The fourth-order valence-corrected chi connectivity index (χ4v) is 1.94. The second kappa shape index (κ2) is 6.25. The molecule has 0 fully saturated rings. The minimum Gasteiger partial charge on any atom is -0.478 e. The van der Waals surface area contributed by atoms with Crippen LogP contribution in [0.5, 0.6) is 5.88 Å². The molecule has 2 rings (SSSR count). The number of pyridine rings is 1. The number of carbonyl (C=O) groups is 1. The molecular formula is C14H19N5O2. The number of rotatable bonds is 5. The minimum atomic E-state index is -0.305. The van der Waals surface area contributed by atoms with Crippen molar-refractivity contribution in [3.8, 4) is 5.88 Å². The Kier molecular flexibility index (Phi) is 4.42. The number of ether oxygens (including phenoxy) is 1. The van der Waals surface area contributed by atoms with Crippen LogP contribution in [0, 0.1) is 6.92 Å². The van der Waals surface area contributed by atoms with E-state index in [2.05, 4.69) is 15.4 Å². The van der Waals surface area contributed by atoms with Gasteiger partial charge in [-0.15, -0.1) is 0 Å². The molecule has 0 aliphatic heterocycles. The van der Waals surface area contributed by atoms with Crippen LogP contribution in [0.4, 0.5) is 11.4 Å². The van der Waals surface area contributed by atoms with Crippen molar-refractivity contribution in [3.63, 3.8) is 0 Å². The van der Waals surface area contributed by atoms with Gasteiger partial charge in [0.25, 0.3) is 5.91 Å². The summed E-state index contributed by atoms with van der Waals surface area (Å²) < 4.78 is 6.84. The van der Waals surface area contributed by atoms with Crippen molar-refractivity contribution in [2.75, 3.05) is 17.7 Å². The van der Waals surface area contributed by atoms with Gasteiger partial charge >= 0.3 is 0 Å². The molecule has 0 unspecified atom stereocenters. The standard InChI is InChI=1S/C14H19N5O2/c1-4-19-13(12(15)9(3)18-19)14(20)17-10-6-7-11(16-8-10)21-5-2/h6-8H,4-5,15H2,1-3H3,(H,17,20). The number of nitrogens with two attached hydrogens (primary N) is 1. The molecule has 7 heteroatoms. The molecule has 2 aromatic heterocycles. The monoisotopic (exact) mass is 289 g/mol. The molecule has 0 aliphatic rings. The number of nitrogens with one attached hydrogen (secondary N) is 1. The first-order valence-electron chi connectivity index (χ1n) is 6.79. The Morgan fingerprint density at radius 3 is 2.76 bits per heavy atom. The van der Waals surface area contributed by atoms with Gasteiger partial charge in [0, 0.05) is 12.6 Å². The van der Waals surface area contributed by atoms with Gasteiger partial charge in [0.05, 0.1) is 29.9 Å². The van der Waals surface area contributed by atoms with E-state index >= 15 is 0 Å². The number of aryl methyl sites for hydroxylation is 2. The highest BCUT2D eigenvalue weighted by Crippen LogP contribution is 2.19. The summed E-state index contributed by atoms with van der Waals surface area (Å²) in [7, 11) is 0. The lowest BCUT2D eigenvalue weighted by molar-refractivity contribution is 0.101. The largest absolute Gasteiger partial charge is 0.478 e. The van der Waals surface area contributed by atoms with Crippen LogP contribution in [0.3, 0.4) is 0 Å². The van der Waals surface area contributed by atoms with E-state index in [9.17, 15) is 4.79 Å². The van der Waals surface area contributed by atoms with Crippen LogP contribution in [0.1, 0.15) is 30.0 Å². The van der Waals surface area contributed by atoms with Gasteiger partial charge in [0.2, 0.25) is 5.88 Å².